The lowest BCUT2D eigenvalue weighted by Gasteiger charge is -2.14. The largest absolute Gasteiger partial charge is 0.322 e. The molecule has 0 radical (unpaired) electrons. The Labute approximate surface area is 139 Å². The molecule has 0 unspecified atom stereocenters. The van der Waals surface area contributed by atoms with Crippen LogP contribution in [0.2, 0.25) is 5.02 Å². The van der Waals surface area contributed by atoms with Crippen molar-refractivity contribution in [1.82, 2.24) is 5.32 Å². The highest BCUT2D eigenvalue weighted by molar-refractivity contribution is 6.33. The zero-order valence-corrected chi connectivity index (χ0v) is 13.5. The zero-order chi connectivity index (χ0) is 16.4. The van der Waals surface area contributed by atoms with Crippen LogP contribution in [0.1, 0.15) is 13.3 Å². The first kappa shape index (κ1) is 16.0. The Morgan fingerprint density at radius 2 is 1.96 bits per heavy atom. The summed E-state index contributed by atoms with van der Waals surface area (Å²) in [5, 5.41) is 6.30. The fourth-order valence-corrected chi connectivity index (χ4v) is 3.09. The molecule has 0 aliphatic carbocycles. The van der Waals surface area contributed by atoms with Crippen LogP contribution in [0, 0.1) is 11.7 Å². The fraction of sp³-hybridized carbons (Fsp3) is 0.278. The Bertz CT molecular complexity index is 735. The van der Waals surface area contributed by atoms with Crippen LogP contribution in [0.4, 0.5) is 10.1 Å². The van der Waals surface area contributed by atoms with Crippen molar-refractivity contribution in [2.75, 3.05) is 11.9 Å². The molecule has 1 aliphatic rings. The van der Waals surface area contributed by atoms with Crippen molar-refractivity contribution in [3.63, 3.8) is 0 Å². The maximum absolute atomic E-state index is 14.8. The number of rotatable bonds is 3. The number of benzene rings is 2. The van der Waals surface area contributed by atoms with Crippen molar-refractivity contribution >= 4 is 23.2 Å². The van der Waals surface area contributed by atoms with Crippen molar-refractivity contribution in [3.8, 4) is 11.1 Å². The lowest BCUT2D eigenvalue weighted by atomic mass is 10.0. The minimum atomic E-state index is -0.472. The second-order valence-corrected chi connectivity index (χ2v) is 6.35. The molecule has 0 bridgehead atoms. The van der Waals surface area contributed by atoms with Gasteiger partial charge in [-0.2, -0.15) is 0 Å². The Balaban J connectivity index is 1.86. The average Bonchev–Trinajstić information content (AvgIpc) is 2.97. The molecular formula is C18H18ClFN2O. The van der Waals surface area contributed by atoms with Crippen LogP contribution in [-0.4, -0.2) is 18.5 Å². The van der Waals surface area contributed by atoms with Gasteiger partial charge in [-0.3, -0.25) is 4.79 Å². The Kier molecular flexibility index (Phi) is 4.64. The molecule has 1 amide bonds. The van der Waals surface area contributed by atoms with Crippen LogP contribution >= 0.6 is 11.6 Å². The molecule has 1 heterocycles. The lowest BCUT2D eigenvalue weighted by Crippen LogP contribution is -2.35. The van der Waals surface area contributed by atoms with E-state index in [1.807, 2.05) is 0 Å². The van der Waals surface area contributed by atoms with E-state index in [0.29, 0.717) is 22.1 Å². The van der Waals surface area contributed by atoms with Gasteiger partial charge in [-0.05, 0) is 31.0 Å². The molecule has 2 aromatic rings. The summed E-state index contributed by atoms with van der Waals surface area (Å²) in [7, 11) is 0. The van der Waals surface area contributed by atoms with E-state index in [-0.39, 0.29) is 17.6 Å². The molecule has 0 spiro atoms. The number of anilines is 1. The van der Waals surface area contributed by atoms with Crippen LogP contribution in [0.15, 0.2) is 42.5 Å². The van der Waals surface area contributed by atoms with E-state index < -0.39 is 5.82 Å². The molecule has 2 aromatic carbocycles. The van der Waals surface area contributed by atoms with E-state index in [1.54, 1.807) is 42.5 Å². The lowest BCUT2D eigenvalue weighted by molar-refractivity contribution is -0.117. The van der Waals surface area contributed by atoms with E-state index in [9.17, 15) is 9.18 Å². The van der Waals surface area contributed by atoms with Crippen LogP contribution in [-0.2, 0) is 4.79 Å². The average molecular weight is 333 g/mol. The topological polar surface area (TPSA) is 41.1 Å². The molecular weight excluding hydrogens is 315 g/mol. The summed E-state index contributed by atoms with van der Waals surface area (Å²) in [6, 6.07) is 11.7. The number of halogens is 2. The number of carbonyl (C=O) groups is 1. The van der Waals surface area contributed by atoms with Gasteiger partial charge in [0.05, 0.1) is 11.7 Å². The van der Waals surface area contributed by atoms with Gasteiger partial charge in [-0.25, -0.2) is 4.39 Å². The summed E-state index contributed by atoms with van der Waals surface area (Å²) >= 11 is 6.14. The molecule has 5 heteroatoms. The Morgan fingerprint density at radius 1 is 1.22 bits per heavy atom. The SMILES string of the molecule is C[C@H]1CN[C@H](C(=O)Nc2cccc(-c3ccccc3Cl)c2F)C1. The smallest absolute Gasteiger partial charge is 0.241 e. The van der Waals surface area contributed by atoms with Gasteiger partial charge in [0.1, 0.15) is 0 Å². The molecule has 23 heavy (non-hydrogen) atoms. The number of nitrogens with one attached hydrogen (secondary N) is 2. The minimum Gasteiger partial charge on any atom is -0.322 e. The fourth-order valence-electron chi connectivity index (χ4n) is 2.85. The van der Waals surface area contributed by atoms with Crippen LogP contribution in [0.5, 0.6) is 0 Å². The highest BCUT2D eigenvalue weighted by Crippen LogP contribution is 2.32. The number of amides is 1. The van der Waals surface area contributed by atoms with E-state index in [2.05, 4.69) is 17.6 Å². The second-order valence-electron chi connectivity index (χ2n) is 5.94. The molecule has 3 nitrogen and oxygen atoms in total. The quantitative estimate of drug-likeness (QED) is 0.889. The molecule has 3 rings (SSSR count). The molecule has 2 atom stereocenters. The monoisotopic (exact) mass is 332 g/mol. The molecule has 1 fully saturated rings. The molecule has 120 valence electrons. The number of hydrogen-bond acceptors (Lipinski definition) is 2. The van der Waals surface area contributed by atoms with Crippen molar-refractivity contribution in [3.05, 3.63) is 53.3 Å². The van der Waals surface area contributed by atoms with Crippen molar-refractivity contribution in [2.45, 2.75) is 19.4 Å². The normalized spacial score (nSPS) is 20.5. The number of hydrogen-bond donors (Lipinski definition) is 2. The molecule has 1 aliphatic heterocycles. The first-order chi connectivity index (χ1) is 11.1. The Hall–Kier alpha value is -1.91. The first-order valence-electron chi connectivity index (χ1n) is 7.64. The van der Waals surface area contributed by atoms with Gasteiger partial charge in [0.15, 0.2) is 5.82 Å². The predicted molar refractivity (Wildman–Crippen MR) is 91.0 cm³/mol. The van der Waals surface area contributed by atoms with Gasteiger partial charge in [0.2, 0.25) is 5.91 Å². The van der Waals surface area contributed by atoms with Crippen LogP contribution < -0.4 is 10.6 Å². The third-order valence-corrected chi connectivity index (χ3v) is 4.42. The molecule has 1 saturated heterocycles. The van der Waals surface area contributed by atoms with Crippen molar-refractivity contribution in [2.24, 2.45) is 5.92 Å². The van der Waals surface area contributed by atoms with Gasteiger partial charge in [-0.1, -0.05) is 48.9 Å². The second kappa shape index (κ2) is 6.69. The molecule has 0 saturated carbocycles. The van der Waals surface area contributed by atoms with Crippen LogP contribution in [0.3, 0.4) is 0 Å². The summed E-state index contributed by atoms with van der Waals surface area (Å²) in [5.41, 5.74) is 1.16. The predicted octanol–water partition coefficient (Wildman–Crippen LogP) is 4.08. The summed E-state index contributed by atoms with van der Waals surface area (Å²) in [6.07, 6.45) is 0.762. The molecule has 2 N–H and O–H groups in total. The molecule has 0 aromatic heterocycles. The van der Waals surface area contributed by atoms with E-state index in [0.717, 1.165) is 13.0 Å². The van der Waals surface area contributed by atoms with Gasteiger partial charge in [0.25, 0.3) is 0 Å². The number of carbonyl (C=O) groups excluding carboxylic acids is 1. The standard InChI is InChI=1S/C18H18ClFN2O/c1-11-9-16(21-10-11)18(23)22-15-8-4-6-13(17(15)20)12-5-2-3-7-14(12)19/h2-8,11,16,21H,9-10H2,1H3,(H,22,23)/t11-,16+/m1/s1. The summed E-state index contributed by atoms with van der Waals surface area (Å²) in [4.78, 5) is 12.3. The van der Waals surface area contributed by atoms with Gasteiger partial charge in [0, 0.05) is 16.1 Å². The summed E-state index contributed by atoms with van der Waals surface area (Å²) in [5.74, 6) is -0.227. The summed E-state index contributed by atoms with van der Waals surface area (Å²) < 4.78 is 14.8. The highest BCUT2D eigenvalue weighted by Gasteiger charge is 2.27. The van der Waals surface area contributed by atoms with Crippen LogP contribution in [0.25, 0.3) is 11.1 Å². The minimum absolute atomic E-state index is 0.175. The van der Waals surface area contributed by atoms with Crippen molar-refractivity contribution in [1.29, 1.82) is 0 Å². The third kappa shape index (κ3) is 3.38. The van der Waals surface area contributed by atoms with Gasteiger partial charge >= 0.3 is 0 Å². The maximum atomic E-state index is 14.8. The summed E-state index contributed by atoms with van der Waals surface area (Å²) in [6.45, 7) is 2.89. The van der Waals surface area contributed by atoms with E-state index >= 15 is 0 Å². The highest BCUT2D eigenvalue weighted by atomic mass is 35.5. The maximum Gasteiger partial charge on any atom is 0.241 e. The van der Waals surface area contributed by atoms with Gasteiger partial charge < -0.3 is 10.6 Å². The van der Waals surface area contributed by atoms with Crippen molar-refractivity contribution < 1.29 is 9.18 Å². The first-order valence-corrected chi connectivity index (χ1v) is 8.01. The van der Waals surface area contributed by atoms with E-state index in [4.69, 9.17) is 11.6 Å². The third-order valence-electron chi connectivity index (χ3n) is 4.09. The Morgan fingerprint density at radius 3 is 2.65 bits per heavy atom. The zero-order valence-electron chi connectivity index (χ0n) is 12.8. The van der Waals surface area contributed by atoms with E-state index in [1.165, 1.54) is 0 Å². The van der Waals surface area contributed by atoms with Gasteiger partial charge in [-0.15, -0.1) is 0 Å².